The first-order valence-electron chi connectivity index (χ1n) is 13.5. The first-order valence-corrected chi connectivity index (χ1v) is 13.9. The van der Waals surface area contributed by atoms with E-state index in [2.05, 4.69) is 20.7 Å². The van der Waals surface area contributed by atoms with E-state index in [1.54, 1.807) is 55.6 Å². The van der Waals surface area contributed by atoms with Crippen LogP contribution in [0.5, 0.6) is 5.75 Å². The van der Waals surface area contributed by atoms with Crippen LogP contribution in [-0.4, -0.2) is 63.3 Å². The van der Waals surface area contributed by atoms with Crippen molar-refractivity contribution in [3.63, 3.8) is 0 Å². The van der Waals surface area contributed by atoms with Crippen molar-refractivity contribution < 1.29 is 23.5 Å². The summed E-state index contributed by atoms with van der Waals surface area (Å²) in [5.74, 6) is -0.342. The lowest BCUT2D eigenvalue weighted by Crippen LogP contribution is -2.46. The first kappa shape index (κ1) is 29.2. The monoisotopic (exact) mass is 592 g/mol. The zero-order valence-electron chi connectivity index (χ0n) is 23.0. The summed E-state index contributed by atoms with van der Waals surface area (Å²) in [6.07, 6.45) is 1.65. The molecule has 12 heteroatoms. The van der Waals surface area contributed by atoms with E-state index in [0.29, 0.717) is 46.4 Å². The van der Waals surface area contributed by atoms with Crippen molar-refractivity contribution in [2.45, 2.75) is 38.1 Å². The quantitative estimate of drug-likeness (QED) is 0.278. The molecule has 1 fully saturated rings. The van der Waals surface area contributed by atoms with E-state index in [1.165, 1.54) is 34.0 Å². The highest BCUT2D eigenvalue weighted by Gasteiger charge is 2.33. The van der Waals surface area contributed by atoms with E-state index in [1.807, 2.05) is 0 Å². The number of nitrogens with zero attached hydrogens (tertiary/aromatic N) is 5. The zero-order valence-corrected chi connectivity index (χ0v) is 23.7. The molecule has 0 spiro atoms. The van der Waals surface area contributed by atoms with Crippen LogP contribution in [0.25, 0.3) is 11.4 Å². The highest BCUT2D eigenvalue weighted by Crippen LogP contribution is 2.27. The summed E-state index contributed by atoms with van der Waals surface area (Å²) in [7, 11) is 1.57. The lowest BCUT2D eigenvalue weighted by molar-refractivity contribution is -0.142. The molecular weight excluding hydrogens is 563 g/mol. The number of carbonyl (C=O) groups excluding carboxylic acids is 2. The van der Waals surface area contributed by atoms with Gasteiger partial charge < -0.3 is 19.7 Å². The van der Waals surface area contributed by atoms with Crippen LogP contribution in [-0.2, 0) is 27.4 Å². The second-order valence-corrected chi connectivity index (χ2v) is 10.2. The Morgan fingerprint density at radius 3 is 2.60 bits per heavy atom. The van der Waals surface area contributed by atoms with Gasteiger partial charge in [0.1, 0.15) is 24.2 Å². The molecule has 1 aliphatic rings. The number of rotatable bonds is 11. The fourth-order valence-corrected chi connectivity index (χ4v) is 4.94. The number of hydrogen-bond acceptors (Lipinski definition) is 7. The Balaban J connectivity index is 1.45. The number of carbonyl (C=O) groups is 2. The van der Waals surface area contributed by atoms with E-state index in [9.17, 15) is 14.0 Å². The number of hydrogen-bond donors (Lipinski definition) is 1. The van der Waals surface area contributed by atoms with Gasteiger partial charge in [-0.1, -0.05) is 41.9 Å². The van der Waals surface area contributed by atoms with Crippen LogP contribution in [0.3, 0.4) is 0 Å². The summed E-state index contributed by atoms with van der Waals surface area (Å²) in [5, 5.41) is 15.9. The normalized spacial score (nSPS) is 15.3. The third kappa shape index (κ3) is 7.10. The predicted molar refractivity (Wildman–Crippen MR) is 153 cm³/mol. The van der Waals surface area contributed by atoms with Gasteiger partial charge in [0, 0.05) is 30.3 Å². The number of nitrogens with one attached hydrogen (secondary N) is 1. The molecule has 4 aromatic rings. The van der Waals surface area contributed by atoms with E-state index in [0.717, 1.165) is 12.8 Å². The van der Waals surface area contributed by atoms with Gasteiger partial charge in [-0.05, 0) is 71.6 Å². The molecule has 0 bridgehead atoms. The molecule has 0 saturated carbocycles. The smallest absolute Gasteiger partial charge is 0.247 e. The summed E-state index contributed by atoms with van der Waals surface area (Å²) in [4.78, 5) is 30.3. The minimum absolute atomic E-state index is 0.00787. The Morgan fingerprint density at radius 2 is 1.90 bits per heavy atom. The second kappa shape index (κ2) is 13.5. The number of benzene rings is 3. The van der Waals surface area contributed by atoms with Crippen LogP contribution in [0.1, 0.15) is 30.0 Å². The lowest BCUT2D eigenvalue weighted by atomic mass is 10.0. The van der Waals surface area contributed by atoms with Crippen molar-refractivity contribution in [3.05, 3.63) is 94.8 Å². The molecule has 218 valence electrons. The van der Waals surface area contributed by atoms with Gasteiger partial charge in [-0.3, -0.25) is 9.59 Å². The average Bonchev–Trinajstić information content (AvgIpc) is 3.70. The molecular formula is C30H30ClFN6O4. The third-order valence-corrected chi connectivity index (χ3v) is 7.34. The van der Waals surface area contributed by atoms with Crippen LogP contribution in [0.4, 0.5) is 4.39 Å². The fraction of sp³-hybridized carbons (Fsp3) is 0.300. The number of ether oxygens (including phenoxy) is 2. The largest absolute Gasteiger partial charge is 0.497 e. The van der Waals surface area contributed by atoms with E-state index in [4.69, 9.17) is 21.1 Å². The molecule has 10 nitrogen and oxygen atoms in total. The summed E-state index contributed by atoms with van der Waals surface area (Å²) >= 11 is 6.47. The summed E-state index contributed by atoms with van der Waals surface area (Å²) in [6, 6.07) is 18.6. The molecule has 0 radical (unpaired) electrons. The molecule has 2 amide bonds. The molecule has 1 aromatic heterocycles. The Morgan fingerprint density at radius 1 is 1.14 bits per heavy atom. The SMILES string of the molecule is COc1ccc(-c2nnn(CC(=O)N(Cc3ccccc3Cl)[C@H](C(=O)NC[C@@H]3CCCO3)c3ccc(F)cc3)n2)cc1. The van der Waals surface area contributed by atoms with Crippen LogP contribution in [0.15, 0.2) is 72.8 Å². The topological polar surface area (TPSA) is 111 Å². The maximum Gasteiger partial charge on any atom is 0.247 e. The molecule has 0 aliphatic carbocycles. The molecule has 1 N–H and O–H groups in total. The maximum absolute atomic E-state index is 14.0. The summed E-state index contributed by atoms with van der Waals surface area (Å²) in [5.41, 5.74) is 1.77. The van der Waals surface area contributed by atoms with Crippen molar-refractivity contribution in [2.75, 3.05) is 20.3 Å². The zero-order chi connectivity index (χ0) is 29.5. The average molecular weight is 593 g/mol. The van der Waals surface area contributed by atoms with Gasteiger partial charge in [-0.2, -0.15) is 4.80 Å². The Labute approximate surface area is 247 Å². The third-order valence-electron chi connectivity index (χ3n) is 6.97. The van der Waals surface area contributed by atoms with Gasteiger partial charge in [-0.25, -0.2) is 4.39 Å². The molecule has 0 unspecified atom stereocenters. The van der Waals surface area contributed by atoms with Crippen molar-refractivity contribution in [3.8, 4) is 17.1 Å². The lowest BCUT2D eigenvalue weighted by Gasteiger charge is -2.32. The highest BCUT2D eigenvalue weighted by atomic mass is 35.5. The maximum atomic E-state index is 14.0. The van der Waals surface area contributed by atoms with Gasteiger partial charge in [0.2, 0.25) is 17.6 Å². The number of tetrazole rings is 1. The van der Waals surface area contributed by atoms with Crippen molar-refractivity contribution in [1.82, 2.24) is 30.4 Å². The van der Waals surface area contributed by atoms with Gasteiger partial charge >= 0.3 is 0 Å². The molecule has 3 aromatic carbocycles. The number of aromatic nitrogens is 4. The van der Waals surface area contributed by atoms with Gasteiger partial charge in [0.15, 0.2) is 0 Å². The molecule has 5 rings (SSSR count). The van der Waals surface area contributed by atoms with Crippen molar-refractivity contribution >= 4 is 23.4 Å². The molecule has 2 atom stereocenters. The molecule has 1 saturated heterocycles. The fourth-order valence-electron chi connectivity index (χ4n) is 4.75. The molecule has 42 heavy (non-hydrogen) atoms. The van der Waals surface area contributed by atoms with E-state index in [-0.39, 0.29) is 19.2 Å². The minimum atomic E-state index is -1.10. The predicted octanol–water partition coefficient (Wildman–Crippen LogP) is 4.21. The van der Waals surface area contributed by atoms with Gasteiger partial charge in [0.05, 0.1) is 13.2 Å². The van der Waals surface area contributed by atoms with Crippen LogP contribution < -0.4 is 10.1 Å². The standard InChI is InChI=1S/C30H30ClFN6O4/c1-41-24-14-10-21(11-15-24)29-34-36-38(35-29)19-27(39)37(18-22-5-2-3-7-26(22)31)28(20-8-12-23(32)13-9-20)30(40)33-17-25-6-4-16-42-25/h2-3,5,7-15,25,28H,4,6,16-19H2,1H3,(H,33,40)/t25-,28-/m0/s1. The van der Waals surface area contributed by atoms with Crippen LogP contribution >= 0.6 is 11.6 Å². The van der Waals surface area contributed by atoms with Crippen LogP contribution in [0, 0.1) is 5.82 Å². The van der Waals surface area contributed by atoms with Crippen molar-refractivity contribution in [1.29, 1.82) is 0 Å². The second-order valence-electron chi connectivity index (χ2n) is 9.82. The van der Waals surface area contributed by atoms with Gasteiger partial charge in [0.25, 0.3) is 0 Å². The number of halogens is 2. The van der Waals surface area contributed by atoms with E-state index >= 15 is 0 Å². The van der Waals surface area contributed by atoms with Crippen molar-refractivity contribution in [2.24, 2.45) is 0 Å². The Bertz CT molecular complexity index is 1510. The summed E-state index contributed by atoms with van der Waals surface area (Å²) < 4.78 is 24.7. The molecule has 2 heterocycles. The number of amides is 2. The Hall–Kier alpha value is -4.35. The van der Waals surface area contributed by atoms with Crippen LogP contribution in [0.2, 0.25) is 5.02 Å². The summed E-state index contributed by atoms with van der Waals surface area (Å²) in [6.45, 7) is 0.640. The Kier molecular flexibility index (Phi) is 9.40. The van der Waals surface area contributed by atoms with Gasteiger partial charge in [-0.15, -0.1) is 10.2 Å². The minimum Gasteiger partial charge on any atom is -0.497 e. The molecule has 1 aliphatic heterocycles. The highest BCUT2D eigenvalue weighted by molar-refractivity contribution is 6.31. The first-order chi connectivity index (χ1) is 20.4. The number of methoxy groups -OCH3 is 1. The van der Waals surface area contributed by atoms with E-state index < -0.39 is 23.7 Å².